The Kier molecular flexibility index (Phi) is 6.76. The smallest absolute Gasteiger partial charge is 0.232 e. The van der Waals surface area contributed by atoms with Gasteiger partial charge < -0.3 is 19.5 Å². The third-order valence-corrected chi connectivity index (χ3v) is 3.81. The molecule has 27 heavy (non-hydrogen) atoms. The van der Waals surface area contributed by atoms with Crippen molar-refractivity contribution in [3.63, 3.8) is 0 Å². The summed E-state index contributed by atoms with van der Waals surface area (Å²) in [6.07, 6.45) is 0. The van der Waals surface area contributed by atoms with Crippen LogP contribution in [0.3, 0.4) is 0 Å². The van der Waals surface area contributed by atoms with Gasteiger partial charge in [0.15, 0.2) is 23.4 Å². The fourth-order valence-electron chi connectivity index (χ4n) is 2.40. The summed E-state index contributed by atoms with van der Waals surface area (Å²) < 4.78 is 24.2. The summed E-state index contributed by atoms with van der Waals surface area (Å²) in [5.41, 5.74) is 0.616. The van der Waals surface area contributed by atoms with Gasteiger partial charge in [0, 0.05) is 25.6 Å². The molecule has 0 aliphatic rings. The molecule has 148 valence electrons. The monoisotopic (exact) mass is 377 g/mol. The average molecular weight is 377 g/mol. The van der Waals surface area contributed by atoms with Crippen LogP contribution in [0.15, 0.2) is 27.7 Å². The van der Waals surface area contributed by atoms with Gasteiger partial charge in [0.25, 0.3) is 0 Å². The standard InChI is InChI=1S/C19H28FN5O2/c1-7-21-18(22-11-16-23-17(27-24-16)19(2,3)4)25(5)12-13-8-9-15(26-6)14(20)10-13/h8-10H,7,11-12H2,1-6H3,(H,21,22). The van der Waals surface area contributed by atoms with Crippen molar-refractivity contribution in [3.8, 4) is 5.75 Å². The Morgan fingerprint density at radius 1 is 1.37 bits per heavy atom. The minimum Gasteiger partial charge on any atom is -0.494 e. The molecule has 2 rings (SSSR count). The van der Waals surface area contributed by atoms with Crippen LogP contribution < -0.4 is 10.1 Å². The van der Waals surface area contributed by atoms with E-state index < -0.39 is 0 Å². The van der Waals surface area contributed by atoms with Gasteiger partial charge in [-0.05, 0) is 24.6 Å². The first-order valence-corrected chi connectivity index (χ1v) is 8.89. The number of nitrogens with zero attached hydrogens (tertiary/aromatic N) is 4. The maximum atomic E-state index is 13.9. The number of halogens is 1. The van der Waals surface area contributed by atoms with Crippen LogP contribution in [-0.2, 0) is 18.5 Å². The van der Waals surface area contributed by atoms with Crippen molar-refractivity contribution in [2.75, 3.05) is 20.7 Å². The Balaban J connectivity index is 2.09. The molecule has 0 unspecified atom stereocenters. The van der Waals surface area contributed by atoms with Crippen LogP contribution in [0.4, 0.5) is 4.39 Å². The van der Waals surface area contributed by atoms with Crippen molar-refractivity contribution in [1.29, 1.82) is 0 Å². The molecule has 0 amide bonds. The Morgan fingerprint density at radius 2 is 2.11 bits per heavy atom. The number of benzene rings is 1. The molecular formula is C19H28FN5O2. The zero-order valence-corrected chi connectivity index (χ0v) is 16.8. The van der Waals surface area contributed by atoms with E-state index in [9.17, 15) is 4.39 Å². The molecule has 0 bridgehead atoms. The van der Waals surface area contributed by atoms with E-state index in [1.807, 2.05) is 45.7 Å². The SMILES string of the molecule is CCNC(=NCc1noc(C(C)(C)C)n1)N(C)Cc1ccc(OC)c(F)c1. The van der Waals surface area contributed by atoms with Gasteiger partial charge in [-0.2, -0.15) is 4.98 Å². The van der Waals surface area contributed by atoms with Crippen LogP contribution in [0.1, 0.15) is 45.0 Å². The molecule has 7 nitrogen and oxygen atoms in total. The molecule has 8 heteroatoms. The molecule has 0 aliphatic heterocycles. The summed E-state index contributed by atoms with van der Waals surface area (Å²) in [5, 5.41) is 7.20. The highest BCUT2D eigenvalue weighted by Crippen LogP contribution is 2.20. The van der Waals surface area contributed by atoms with Gasteiger partial charge in [-0.25, -0.2) is 9.38 Å². The fourth-order valence-corrected chi connectivity index (χ4v) is 2.40. The molecule has 0 spiro atoms. The molecule has 0 saturated heterocycles. The van der Waals surface area contributed by atoms with Crippen molar-refractivity contribution in [1.82, 2.24) is 20.4 Å². The predicted octanol–water partition coefficient (Wildman–Crippen LogP) is 3.11. The van der Waals surface area contributed by atoms with Gasteiger partial charge in [0.05, 0.1) is 7.11 Å². The molecule has 1 aromatic heterocycles. The van der Waals surface area contributed by atoms with Gasteiger partial charge >= 0.3 is 0 Å². The lowest BCUT2D eigenvalue weighted by Gasteiger charge is -2.22. The van der Waals surface area contributed by atoms with Gasteiger partial charge in [-0.15, -0.1) is 0 Å². The Hall–Kier alpha value is -2.64. The number of guanidine groups is 1. The lowest BCUT2D eigenvalue weighted by Crippen LogP contribution is -2.38. The van der Waals surface area contributed by atoms with E-state index in [-0.39, 0.29) is 17.0 Å². The molecule has 1 aromatic carbocycles. The van der Waals surface area contributed by atoms with Crippen LogP contribution in [-0.4, -0.2) is 41.7 Å². The second kappa shape index (κ2) is 8.83. The number of hydrogen-bond acceptors (Lipinski definition) is 5. The molecule has 1 heterocycles. The van der Waals surface area contributed by atoms with E-state index in [1.54, 1.807) is 6.07 Å². The Bertz CT molecular complexity index is 783. The highest BCUT2D eigenvalue weighted by Gasteiger charge is 2.21. The Morgan fingerprint density at radius 3 is 2.67 bits per heavy atom. The fraction of sp³-hybridized carbons (Fsp3) is 0.526. The summed E-state index contributed by atoms with van der Waals surface area (Å²) in [5.74, 6) is 1.63. The van der Waals surface area contributed by atoms with E-state index in [2.05, 4.69) is 20.4 Å². The summed E-state index contributed by atoms with van der Waals surface area (Å²) in [6, 6.07) is 4.92. The number of ether oxygens (including phenoxy) is 1. The second-order valence-corrected chi connectivity index (χ2v) is 7.26. The second-order valence-electron chi connectivity index (χ2n) is 7.26. The zero-order chi connectivity index (χ0) is 20.0. The summed E-state index contributed by atoms with van der Waals surface area (Å²) in [6.45, 7) is 9.52. The highest BCUT2D eigenvalue weighted by atomic mass is 19.1. The predicted molar refractivity (Wildman–Crippen MR) is 102 cm³/mol. The van der Waals surface area contributed by atoms with Crippen LogP contribution in [0, 0.1) is 5.82 Å². The van der Waals surface area contributed by atoms with Gasteiger partial charge in [-0.1, -0.05) is 32.0 Å². The minimum absolute atomic E-state index is 0.200. The van der Waals surface area contributed by atoms with E-state index in [0.717, 1.165) is 5.56 Å². The van der Waals surface area contributed by atoms with Crippen LogP contribution in [0.2, 0.25) is 0 Å². The molecule has 0 saturated carbocycles. The van der Waals surface area contributed by atoms with Crippen LogP contribution in [0.5, 0.6) is 5.75 Å². The van der Waals surface area contributed by atoms with Crippen molar-refractivity contribution >= 4 is 5.96 Å². The number of methoxy groups -OCH3 is 1. The summed E-state index contributed by atoms with van der Waals surface area (Å²) >= 11 is 0. The largest absolute Gasteiger partial charge is 0.494 e. The molecule has 0 radical (unpaired) electrons. The first-order chi connectivity index (χ1) is 12.7. The number of hydrogen-bond donors (Lipinski definition) is 1. The normalized spacial score (nSPS) is 12.2. The highest BCUT2D eigenvalue weighted by molar-refractivity contribution is 5.79. The molecule has 1 N–H and O–H groups in total. The summed E-state index contributed by atoms with van der Waals surface area (Å²) in [7, 11) is 3.34. The maximum Gasteiger partial charge on any atom is 0.232 e. The number of rotatable bonds is 6. The first kappa shape index (κ1) is 20.7. The number of aliphatic imine (C=N–C) groups is 1. The lowest BCUT2D eigenvalue weighted by atomic mass is 9.97. The van der Waals surface area contributed by atoms with Crippen molar-refractivity contribution in [2.24, 2.45) is 4.99 Å². The molecule has 0 atom stereocenters. The minimum atomic E-state index is -0.383. The topological polar surface area (TPSA) is 75.8 Å². The van der Waals surface area contributed by atoms with E-state index in [0.29, 0.717) is 37.3 Å². The van der Waals surface area contributed by atoms with E-state index in [4.69, 9.17) is 9.26 Å². The molecule has 0 fully saturated rings. The van der Waals surface area contributed by atoms with Crippen molar-refractivity contribution in [3.05, 3.63) is 41.3 Å². The molecule has 0 aliphatic carbocycles. The maximum absolute atomic E-state index is 13.9. The van der Waals surface area contributed by atoms with Gasteiger partial charge in [0.2, 0.25) is 5.89 Å². The molecule has 2 aromatic rings. The van der Waals surface area contributed by atoms with Crippen LogP contribution >= 0.6 is 0 Å². The van der Waals surface area contributed by atoms with Gasteiger partial charge in [-0.3, -0.25) is 0 Å². The third kappa shape index (κ3) is 5.67. The van der Waals surface area contributed by atoms with Crippen LogP contribution in [0.25, 0.3) is 0 Å². The lowest BCUT2D eigenvalue weighted by molar-refractivity contribution is 0.318. The van der Waals surface area contributed by atoms with E-state index >= 15 is 0 Å². The average Bonchev–Trinajstić information content (AvgIpc) is 3.08. The summed E-state index contributed by atoms with van der Waals surface area (Å²) in [4.78, 5) is 10.9. The zero-order valence-electron chi connectivity index (χ0n) is 16.8. The first-order valence-electron chi connectivity index (χ1n) is 8.89. The van der Waals surface area contributed by atoms with E-state index in [1.165, 1.54) is 13.2 Å². The number of aromatic nitrogens is 2. The quantitative estimate of drug-likeness (QED) is 0.616. The molecular weight excluding hydrogens is 349 g/mol. The number of nitrogens with one attached hydrogen (secondary N) is 1. The van der Waals surface area contributed by atoms with Gasteiger partial charge in [0.1, 0.15) is 6.54 Å². The third-order valence-electron chi connectivity index (χ3n) is 3.81. The Labute approximate surface area is 159 Å². The van der Waals surface area contributed by atoms with Crippen molar-refractivity contribution in [2.45, 2.75) is 46.2 Å². The van der Waals surface area contributed by atoms with Crippen molar-refractivity contribution < 1.29 is 13.7 Å².